The number of allylic oxidation sites excluding steroid dienone is 1. The van der Waals surface area contributed by atoms with E-state index in [2.05, 4.69) is 27.0 Å². The fourth-order valence-corrected chi connectivity index (χ4v) is 6.56. The summed E-state index contributed by atoms with van der Waals surface area (Å²) in [5.41, 5.74) is 2.70. The highest BCUT2D eigenvalue weighted by atomic mass is 79.9. The number of carbonyl (C=O) groups excluding carboxylic acids is 1. The van der Waals surface area contributed by atoms with Gasteiger partial charge in [0.25, 0.3) is 5.56 Å². The smallest absolute Gasteiger partial charge is 0.338 e. The first kappa shape index (κ1) is 30.3. The number of fused-ring (bicyclic) bond motifs is 1. The Labute approximate surface area is 264 Å². The van der Waals surface area contributed by atoms with Crippen LogP contribution >= 0.6 is 38.9 Å². The van der Waals surface area contributed by atoms with E-state index < -0.39 is 12.0 Å². The summed E-state index contributed by atoms with van der Waals surface area (Å²) in [6.45, 7) is 3.72. The van der Waals surface area contributed by atoms with Crippen molar-refractivity contribution in [3.63, 3.8) is 0 Å². The van der Waals surface area contributed by atoms with Crippen LogP contribution in [0.3, 0.4) is 0 Å². The molecule has 0 radical (unpaired) electrons. The summed E-state index contributed by atoms with van der Waals surface area (Å²) in [5, 5.41) is 9.91. The minimum Gasteiger partial charge on any atom is -0.493 e. The van der Waals surface area contributed by atoms with Gasteiger partial charge in [-0.1, -0.05) is 75.3 Å². The summed E-state index contributed by atoms with van der Waals surface area (Å²) >= 11 is 11.3. The van der Waals surface area contributed by atoms with Crippen molar-refractivity contribution in [2.45, 2.75) is 26.5 Å². The van der Waals surface area contributed by atoms with Gasteiger partial charge in [-0.05, 0) is 49.8 Å². The number of benzene rings is 3. The summed E-state index contributed by atoms with van der Waals surface area (Å²) in [4.78, 5) is 32.3. The molecule has 0 fully saturated rings. The first-order valence-corrected chi connectivity index (χ1v) is 15.2. The Balaban J connectivity index is 1.68. The van der Waals surface area contributed by atoms with Gasteiger partial charge in [0.05, 0.1) is 41.2 Å². The number of hydrogen-bond acceptors (Lipinski definition) is 8. The zero-order chi connectivity index (χ0) is 30.7. The molecule has 1 aromatic heterocycles. The van der Waals surface area contributed by atoms with Crippen LogP contribution < -0.4 is 24.4 Å². The molecule has 1 aliphatic rings. The van der Waals surface area contributed by atoms with Crippen LogP contribution in [-0.4, -0.2) is 24.3 Å². The summed E-state index contributed by atoms with van der Waals surface area (Å²) in [7, 11) is 1.53. The Morgan fingerprint density at radius 2 is 1.95 bits per heavy atom. The highest BCUT2D eigenvalue weighted by Crippen LogP contribution is 2.37. The molecule has 0 N–H and O–H groups in total. The van der Waals surface area contributed by atoms with E-state index in [4.69, 9.17) is 25.8 Å². The Bertz CT molecular complexity index is 1990. The van der Waals surface area contributed by atoms with Crippen molar-refractivity contribution in [1.29, 1.82) is 5.26 Å². The maximum absolute atomic E-state index is 14.1. The van der Waals surface area contributed by atoms with Crippen molar-refractivity contribution < 1.29 is 19.0 Å². The number of nitriles is 1. The average Bonchev–Trinajstić information content (AvgIpc) is 3.30. The predicted molar refractivity (Wildman–Crippen MR) is 168 cm³/mol. The predicted octanol–water partition coefficient (Wildman–Crippen LogP) is 5.67. The van der Waals surface area contributed by atoms with Crippen molar-refractivity contribution in [2.24, 2.45) is 4.99 Å². The van der Waals surface area contributed by atoms with Gasteiger partial charge in [0, 0.05) is 20.6 Å². The van der Waals surface area contributed by atoms with Gasteiger partial charge in [-0.25, -0.2) is 9.79 Å². The molecule has 1 aliphatic heterocycles. The second-order valence-electron chi connectivity index (χ2n) is 9.41. The topological polar surface area (TPSA) is 103 Å². The quantitative estimate of drug-likeness (QED) is 0.223. The van der Waals surface area contributed by atoms with Crippen LogP contribution in [0.15, 0.2) is 86.2 Å². The fraction of sp³-hybridized carbons (Fsp3) is 0.188. The van der Waals surface area contributed by atoms with Gasteiger partial charge >= 0.3 is 5.97 Å². The molecule has 4 aromatic rings. The van der Waals surface area contributed by atoms with Crippen molar-refractivity contribution in [1.82, 2.24) is 4.57 Å². The van der Waals surface area contributed by atoms with Crippen molar-refractivity contribution >= 4 is 50.9 Å². The first-order chi connectivity index (χ1) is 20.8. The van der Waals surface area contributed by atoms with E-state index in [9.17, 15) is 14.9 Å². The largest absolute Gasteiger partial charge is 0.493 e. The van der Waals surface area contributed by atoms with Crippen LogP contribution in [0.1, 0.15) is 42.1 Å². The molecule has 3 aromatic carbocycles. The number of thiazole rings is 1. The van der Waals surface area contributed by atoms with E-state index in [0.29, 0.717) is 58.3 Å². The Kier molecular flexibility index (Phi) is 9.16. The van der Waals surface area contributed by atoms with Crippen molar-refractivity contribution in [2.75, 3.05) is 13.7 Å². The third-order valence-electron chi connectivity index (χ3n) is 6.78. The molecule has 0 bridgehead atoms. The Hall–Kier alpha value is -4.17. The number of methoxy groups -OCH3 is 1. The van der Waals surface area contributed by atoms with Crippen LogP contribution in [0.2, 0.25) is 5.02 Å². The number of halogens is 2. The second-order valence-corrected chi connectivity index (χ2v) is 11.7. The zero-order valence-electron chi connectivity index (χ0n) is 23.4. The van der Waals surface area contributed by atoms with Gasteiger partial charge < -0.3 is 14.2 Å². The van der Waals surface area contributed by atoms with Gasteiger partial charge in [0.15, 0.2) is 16.3 Å². The van der Waals surface area contributed by atoms with Crippen LogP contribution in [0.25, 0.3) is 6.08 Å². The van der Waals surface area contributed by atoms with Crippen molar-refractivity contribution in [3.8, 4) is 17.6 Å². The lowest BCUT2D eigenvalue weighted by Crippen LogP contribution is -2.40. The van der Waals surface area contributed by atoms with E-state index in [1.807, 2.05) is 18.2 Å². The lowest BCUT2D eigenvalue weighted by atomic mass is 9.96. The monoisotopic (exact) mass is 677 g/mol. The lowest BCUT2D eigenvalue weighted by molar-refractivity contribution is -0.139. The fourth-order valence-electron chi connectivity index (χ4n) is 4.83. The SMILES string of the molecule is CCOC(=O)C1=C(C)N=c2s/c(=C\c3cc(Br)cc(OC)c3OCc3ccccc3C#N)c(=O)n2[C@H]1c1ccccc1Cl. The molecular weight excluding hydrogens is 654 g/mol. The molecule has 11 heteroatoms. The van der Waals surface area contributed by atoms with Gasteiger partial charge in [-0.2, -0.15) is 5.26 Å². The minimum atomic E-state index is -0.832. The number of esters is 1. The third kappa shape index (κ3) is 6.02. The zero-order valence-corrected chi connectivity index (χ0v) is 26.5. The van der Waals surface area contributed by atoms with Gasteiger partial charge in [-0.15, -0.1) is 0 Å². The summed E-state index contributed by atoms with van der Waals surface area (Å²) in [5.74, 6) is 0.278. The highest BCUT2D eigenvalue weighted by molar-refractivity contribution is 9.10. The molecular formula is C32H25BrClN3O5S. The molecule has 8 nitrogen and oxygen atoms in total. The highest BCUT2D eigenvalue weighted by Gasteiger charge is 2.34. The van der Waals surface area contributed by atoms with E-state index in [0.717, 1.165) is 0 Å². The molecule has 2 heterocycles. The molecule has 0 aliphatic carbocycles. The standard InChI is InChI=1S/C32H25BrClN3O5S/c1-4-41-31(39)27-18(2)36-32-37(28(27)23-11-7-8-12-24(23)34)30(38)26(43-32)14-21-13-22(33)15-25(40-3)29(21)42-17-20-10-6-5-9-19(20)16-35/h5-15,28H,4,17H2,1-3H3/b26-14-/t28-/m0/s1. The van der Waals surface area contributed by atoms with Crippen LogP contribution in [-0.2, 0) is 16.1 Å². The number of ether oxygens (including phenoxy) is 3. The average molecular weight is 679 g/mol. The molecule has 1 atom stereocenters. The van der Waals surface area contributed by atoms with Crippen molar-refractivity contribution in [3.05, 3.63) is 123 Å². The molecule has 0 saturated carbocycles. The summed E-state index contributed by atoms with van der Waals surface area (Å²) < 4.78 is 19.7. The normalized spacial score (nSPS) is 14.5. The van der Waals surface area contributed by atoms with Crippen LogP contribution in [0, 0.1) is 11.3 Å². The van der Waals surface area contributed by atoms with E-state index >= 15 is 0 Å². The Morgan fingerprint density at radius 1 is 1.21 bits per heavy atom. The third-order valence-corrected chi connectivity index (χ3v) is 8.57. The molecule has 0 saturated heterocycles. The number of rotatable bonds is 8. The van der Waals surface area contributed by atoms with Gasteiger partial charge in [-0.3, -0.25) is 9.36 Å². The van der Waals surface area contributed by atoms with Gasteiger partial charge in [0.1, 0.15) is 12.6 Å². The molecule has 43 heavy (non-hydrogen) atoms. The van der Waals surface area contributed by atoms with Crippen LogP contribution in [0.4, 0.5) is 0 Å². The number of carbonyl (C=O) groups is 1. The summed E-state index contributed by atoms with van der Waals surface area (Å²) in [6.07, 6.45) is 1.70. The van der Waals surface area contributed by atoms with Crippen LogP contribution in [0.5, 0.6) is 11.5 Å². The van der Waals surface area contributed by atoms with E-state index in [-0.39, 0.29) is 24.3 Å². The maximum Gasteiger partial charge on any atom is 0.338 e. The molecule has 0 unspecified atom stereocenters. The molecule has 218 valence electrons. The second kappa shape index (κ2) is 13.0. The van der Waals surface area contributed by atoms with E-state index in [1.54, 1.807) is 62.4 Å². The first-order valence-electron chi connectivity index (χ1n) is 13.2. The molecule has 0 spiro atoms. The maximum atomic E-state index is 14.1. The summed E-state index contributed by atoms with van der Waals surface area (Å²) in [6, 6.07) is 19.2. The lowest BCUT2D eigenvalue weighted by Gasteiger charge is -2.25. The molecule has 0 amide bonds. The number of nitrogens with zero attached hydrogens (tertiary/aromatic N) is 3. The number of hydrogen-bond donors (Lipinski definition) is 0. The molecule has 5 rings (SSSR count). The Morgan fingerprint density at radius 3 is 2.67 bits per heavy atom. The van der Waals surface area contributed by atoms with Gasteiger partial charge in [0.2, 0.25) is 0 Å². The number of aromatic nitrogens is 1. The van der Waals surface area contributed by atoms with E-state index in [1.165, 1.54) is 23.0 Å². The minimum absolute atomic E-state index is 0.110.